The third-order valence-corrected chi connectivity index (χ3v) is 4.27. The lowest BCUT2D eigenvalue weighted by Gasteiger charge is -2.56. The third kappa shape index (κ3) is 2.41. The van der Waals surface area contributed by atoms with Gasteiger partial charge in [0.1, 0.15) is 0 Å². The van der Waals surface area contributed by atoms with Crippen molar-refractivity contribution >= 4 is 6.09 Å². The second kappa shape index (κ2) is 4.48. The number of amides is 1. The highest BCUT2D eigenvalue weighted by molar-refractivity contribution is 5.67. The molecule has 0 saturated carbocycles. The Balaban J connectivity index is 2.06. The van der Waals surface area contributed by atoms with E-state index in [-0.39, 0.29) is 11.5 Å². The van der Waals surface area contributed by atoms with Gasteiger partial charge in [-0.25, -0.2) is 4.79 Å². The number of nitrogens with one attached hydrogen (secondary N) is 1. The van der Waals surface area contributed by atoms with Crippen molar-refractivity contribution in [1.82, 2.24) is 10.2 Å². The Morgan fingerprint density at radius 2 is 1.88 bits per heavy atom. The Morgan fingerprint density at radius 1 is 1.29 bits per heavy atom. The molecule has 0 radical (unpaired) electrons. The van der Waals surface area contributed by atoms with E-state index in [0.29, 0.717) is 11.8 Å². The molecule has 0 bridgehead atoms. The van der Waals surface area contributed by atoms with E-state index in [2.05, 4.69) is 26.1 Å². The van der Waals surface area contributed by atoms with Crippen molar-refractivity contribution < 1.29 is 9.90 Å². The second-order valence-corrected chi connectivity index (χ2v) is 6.50. The van der Waals surface area contributed by atoms with Gasteiger partial charge in [0.15, 0.2) is 0 Å². The van der Waals surface area contributed by atoms with E-state index in [9.17, 15) is 9.90 Å². The molecule has 2 unspecified atom stereocenters. The van der Waals surface area contributed by atoms with Crippen molar-refractivity contribution in [2.75, 3.05) is 19.6 Å². The number of hydrogen-bond acceptors (Lipinski definition) is 2. The summed E-state index contributed by atoms with van der Waals surface area (Å²) >= 11 is 0. The van der Waals surface area contributed by atoms with Crippen molar-refractivity contribution in [3.8, 4) is 0 Å². The maximum Gasteiger partial charge on any atom is 0.407 e. The van der Waals surface area contributed by atoms with Gasteiger partial charge in [-0.1, -0.05) is 20.8 Å². The Bertz CT molecular complexity index is 292. The molecule has 2 atom stereocenters. The first kappa shape index (κ1) is 12.7. The molecule has 0 spiro atoms. The zero-order chi connectivity index (χ0) is 12.6. The minimum absolute atomic E-state index is 0.0478. The van der Waals surface area contributed by atoms with E-state index in [1.54, 1.807) is 4.90 Å². The monoisotopic (exact) mass is 240 g/mol. The zero-order valence-corrected chi connectivity index (χ0v) is 11.1. The first-order valence-corrected chi connectivity index (χ1v) is 6.61. The molecule has 2 rings (SSSR count). The van der Waals surface area contributed by atoms with Gasteiger partial charge in [-0.2, -0.15) is 0 Å². The predicted octanol–water partition coefficient (Wildman–Crippen LogP) is 2.01. The van der Waals surface area contributed by atoms with Crippen molar-refractivity contribution in [2.45, 2.75) is 39.7 Å². The van der Waals surface area contributed by atoms with Gasteiger partial charge in [-0.05, 0) is 37.3 Å². The maximum atomic E-state index is 11.2. The molecule has 0 aromatic heterocycles. The summed E-state index contributed by atoms with van der Waals surface area (Å²) in [6, 6.07) is 0.197. The molecule has 4 heteroatoms. The number of rotatable bonds is 1. The second-order valence-electron chi connectivity index (χ2n) is 6.50. The number of piperidine rings is 1. The van der Waals surface area contributed by atoms with E-state index >= 15 is 0 Å². The molecule has 0 aliphatic carbocycles. The molecule has 2 fully saturated rings. The minimum atomic E-state index is -0.755. The van der Waals surface area contributed by atoms with Crippen LogP contribution in [0.3, 0.4) is 0 Å². The topological polar surface area (TPSA) is 52.6 Å². The normalized spacial score (nSPS) is 31.1. The van der Waals surface area contributed by atoms with Crippen LogP contribution in [0, 0.1) is 17.3 Å². The van der Waals surface area contributed by atoms with Gasteiger partial charge in [0.05, 0.1) is 0 Å². The largest absolute Gasteiger partial charge is 0.465 e. The van der Waals surface area contributed by atoms with Gasteiger partial charge < -0.3 is 15.3 Å². The Morgan fingerprint density at radius 3 is 2.35 bits per heavy atom. The minimum Gasteiger partial charge on any atom is -0.465 e. The fraction of sp³-hybridized carbons (Fsp3) is 0.923. The fourth-order valence-corrected chi connectivity index (χ4v) is 3.52. The number of hydrogen-bond donors (Lipinski definition) is 2. The average molecular weight is 240 g/mol. The molecule has 98 valence electrons. The predicted molar refractivity (Wildman–Crippen MR) is 67.1 cm³/mol. The summed E-state index contributed by atoms with van der Waals surface area (Å²) in [4.78, 5) is 12.8. The van der Waals surface area contributed by atoms with Crippen LogP contribution in [-0.2, 0) is 0 Å². The van der Waals surface area contributed by atoms with Gasteiger partial charge >= 0.3 is 6.09 Å². The van der Waals surface area contributed by atoms with E-state index in [4.69, 9.17) is 0 Å². The number of carbonyl (C=O) groups is 1. The Kier molecular flexibility index (Phi) is 3.34. The summed E-state index contributed by atoms with van der Waals surface area (Å²) in [6.07, 6.45) is 1.64. The summed E-state index contributed by atoms with van der Waals surface area (Å²) < 4.78 is 0. The molecule has 0 aromatic rings. The van der Waals surface area contributed by atoms with Crippen LogP contribution in [0.25, 0.3) is 0 Å². The van der Waals surface area contributed by atoms with Crippen LogP contribution >= 0.6 is 0 Å². The quantitative estimate of drug-likeness (QED) is 0.737. The van der Waals surface area contributed by atoms with Gasteiger partial charge in [0, 0.05) is 18.5 Å². The molecular weight excluding hydrogens is 216 g/mol. The SMILES string of the molecule is CC(C)(C)C1C(C2CCNCC2)CN1C(=O)O. The lowest BCUT2D eigenvalue weighted by molar-refractivity contribution is -0.0649. The zero-order valence-electron chi connectivity index (χ0n) is 11.1. The van der Waals surface area contributed by atoms with Crippen LogP contribution in [0.4, 0.5) is 4.79 Å². The molecule has 2 N–H and O–H groups in total. The van der Waals surface area contributed by atoms with Crippen LogP contribution in [0.1, 0.15) is 33.6 Å². The summed E-state index contributed by atoms with van der Waals surface area (Å²) in [5.41, 5.74) is 0.0478. The van der Waals surface area contributed by atoms with Gasteiger partial charge in [-0.15, -0.1) is 0 Å². The van der Waals surface area contributed by atoms with Gasteiger partial charge in [0.2, 0.25) is 0 Å². The van der Waals surface area contributed by atoms with E-state index in [1.165, 1.54) is 12.8 Å². The Labute approximate surface area is 103 Å². The van der Waals surface area contributed by atoms with Crippen molar-refractivity contribution in [2.24, 2.45) is 17.3 Å². The van der Waals surface area contributed by atoms with Crippen LogP contribution in [-0.4, -0.2) is 41.8 Å². The smallest absolute Gasteiger partial charge is 0.407 e. The summed E-state index contributed by atoms with van der Waals surface area (Å²) in [7, 11) is 0. The van der Waals surface area contributed by atoms with Gasteiger partial charge in [-0.3, -0.25) is 0 Å². The summed E-state index contributed by atoms with van der Waals surface area (Å²) in [5.74, 6) is 1.27. The maximum absolute atomic E-state index is 11.2. The lowest BCUT2D eigenvalue weighted by Crippen LogP contribution is -2.65. The summed E-state index contributed by atoms with van der Waals surface area (Å²) in [5, 5.41) is 12.6. The van der Waals surface area contributed by atoms with Crippen LogP contribution in [0.5, 0.6) is 0 Å². The van der Waals surface area contributed by atoms with Gasteiger partial charge in [0.25, 0.3) is 0 Å². The van der Waals surface area contributed by atoms with Crippen molar-refractivity contribution in [1.29, 1.82) is 0 Å². The van der Waals surface area contributed by atoms with Crippen LogP contribution < -0.4 is 5.32 Å². The Hall–Kier alpha value is -0.770. The van der Waals surface area contributed by atoms with Crippen molar-refractivity contribution in [3.63, 3.8) is 0 Å². The molecule has 2 saturated heterocycles. The van der Waals surface area contributed by atoms with E-state index in [0.717, 1.165) is 19.6 Å². The molecule has 2 heterocycles. The fourth-order valence-electron chi connectivity index (χ4n) is 3.52. The molecule has 2 aliphatic heterocycles. The van der Waals surface area contributed by atoms with E-state index in [1.807, 2.05) is 0 Å². The summed E-state index contributed by atoms with van der Waals surface area (Å²) in [6.45, 7) is 9.38. The first-order chi connectivity index (χ1) is 7.91. The standard InChI is InChI=1S/C13H24N2O2/c1-13(2,3)11-10(8-15(11)12(16)17)9-4-6-14-7-5-9/h9-11,14H,4-8H2,1-3H3,(H,16,17). The molecular formula is C13H24N2O2. The highest BCUT2D eigenvalue weighted by Gasteiger charge is 2.50. The molecule has 17 heavy (non-hydrogen) atoms. The number of carboxylic acid groups (broad SMARTS) is 1. The molecule has 1 amide bonds. The highest BCUT2D eigenvalue weighted by Crippen LogP contribution is 2.44. The molecule has 4 nitrogen and oxygen atoms in total. The van der Waals surface area contributed by atoms with Crippen LogP contribution in [0.15, 0.2) is 0 Å². The third-order valence-electron chi connectivity index (χ3n) is 4.27. The average Bonchev–Trinajstić information content (AvgIpc) is 2.14. The van der Waals surface area contributed by atoms with Crippen LogP contribution in [0.2, 0.25) is 0 Å². The first-order valence-electron chi connectivity index (χ1n) is 6.61. The lowest BCUT2D eigenvalue weighted by atomic mass is 9.65. The molecule has 0 aromatic carbocycles. The van der Waals surface area contributed by atoms with E-state index < -0.39 is 6.09 Å². The highest BCUT2D eigenvalue weighted by atomic mass is 16.4. The molecule has 2 aliphatic rings. The number of likely N-dealkylation sites (tertiary alicyclic amines) is 1. The van der Waals surface area contributed by atoms with Crippen molar-refractivity contribution in [3.05, 3.63) is 0 Å². The number of nitrogens with zero attached hydrogens (tertiary/aromatic N) is 1.